The van der Waals surface area contributed by atoms with Gasteiger partial charge in [0, 0.05) is 31.2 Å². The third-order valence-electron chi connectivity index (χ3n) is 7.06. The van der Waals surface area contributed by atoms with Crippen molar-refractivity contribution < 1.29 is 37.7 Å². The highest BCUT2D eigenvalue weighted by Gasteiger charge is 2.38. The Kier molecular flexibility index (Phi) is 12.8. The van der Waals surface area contributed by atoms with Gasteiger partial charge in [-0.25, -0.2) is 23.8 Å². The van der Waals surface area contributed by atoms with Gasteiger partial charge in [-0.15, -0.1) is 0 Å². The Bertz CT molecular complexity index is 1410. The van der Waals surface area contributed by atoms with Gasteiger partial charge >= 0.3 is 18.3 Å². The predicted molar refractivity (Wildman–Crippen MR) is 181 cm³/mol. The Hall–Kier alpha value is -3.93. The van der Waals surface area contributed by atoms with E-state index in [2.05, 4.69) is 10.3 Å². The van der Waals surface area contributed by atoms with Crippen molar-refractivity contribution >= 4 is 24.1 Å². The highest BCUT2D eigenvalue weighted by atomic mass is 19.1. The number of rotatable bonds is 10. The van der Waals surface area contributed by atoms with Crippen LogP contribution in [0.15, 0.2) is 36.4 Å². The van der Waals surface area contributed by atoms with Gasteiger partial charge in [-0.2, -0.15) is 0 Å². The number of hydrogen-bond donors (Lipinski definition) is 1. The van der Waals surface area contributed by atoms with Crippen molar-refractivity contribution in [2.75, 3.05) is 38.1 Å². The molecule has 1 fully saturated rings. The number of aryl methyl sites for hydroxylation is 1. The fourth-order valence-electron chi connectivity index (χ4n) is 5.18. The predicted octanol–water partition coefficient (Wildman–Crippen LogP) is 7.15. The molecule has 1 aliphatic heterocycles. The van der Waals surface area contributed by atoms with Crippen LogP contribution >= 0.6 is 0 Å². The molecular formula is C36H53FN4O7. The van der Waals surface area contributed by atoms with Crippen molar-refractivity contribution in [2.45, 2.75) is 105 Å². The Morgan fingerprint density at radius 1 is 0.917 bits per heavy atom. The molecule has 0 aliphatic carbocycles. The van der Waals surface area contributed by atoms with Crippen LogP contribution in [0.3, 0.4) is 0 Å². The van der Waals surface area contributed by atoms with E-state index in [4.69, 9.17) is 18.9 Å². The Morgan fingerprint density at radius 2 is 1.58 bits per heavy atom. The molecule has 3 rings (SSSR count). The molecule has 12 heteroatoms. The van der Waals surface area contributed by atoms with Gasteiger partial charge in [-0.05, 0) is 117 Å². The van der Waals surface area contributed by atoms with Gasteiger partial charge in [0.15, 0.2) is 0 Å². The zero-order valence-corrected chi connectivity index (χ0v) is 30.1. The maximum Gasteiger partial charge on any atom is 0.413 e. The number of nitrogens with zero attached hydrogens (tertiary/aromatic N) is 3. The second kappa shape index (κ2) is 16.0. The molecule has 2 heterocycles. The van der Waals surface area contributed by atoms with E-state index < -0.39 is 35.1 Å². The van der Waals surface area contributed by atoms with Crippen molar-refractivity contribution in [3.63, 3.8) is 0 Å². The van der Waals surface area contributed by atoms with Crippen molar-refractivity contribution in [2.24, 2.45) is 5.92 Å². The van der Waals surface area contributed by atoms with Crippen LogP contribution in [0.2, 0.25) is 0 Å². The summed E-state index contributed by atoms with van der Waals surface area (Å²) in [5.41, 5.74) is 0.362. The molecule has 2 aromatic rings. The number of amides is 3. The summed E-state index contributed by atoms with van der Waals surface area (Å²) in [5.74, 6) is -0.120. The van der Waals surface area contributed by atoms with Gasteiger partial charge in [0.25, 0.3) is 0 Å². The van der Waals surface area contributed by atoms with Crippen molar-refractivity contribution in [1.29, 1.82) is 0 Å². The van der Waals surface area contributed by atoms with Crippen LogP contribution in [0.1, 0.15) is 79.1 Å². The zero-order chi connectivity index (χ0) is 35.9. The van der Waals surface area contributed by atoms with Crippen LogP contribution in [0.4, 0.5) is 24.6 Å². The van der Waals surface area contributed by atoms with Gasteiger partial charge in [0.2, 0.25) is 0 Å². The molecule has 0 bridgehead atoms. The monoisotopic (exact) mass is 672 g/mol. The molecule has 0 radical (unpaired) electrons. The Labute approximate surface area is 284 Å². The second-order valence-electron chi connectivity index (χ2n) is 15.3. The summed E-state index contributed by atoms with van der Waals surface area (Å²) in [5, 5.41) is 2.71. The van der Waals surface area contributed by atoms with Gasteiger partial charge in [0.05, 0.1) is 19.3 Å². The molecule has 1 aliphatic rings. The number of benzene rings is 1. The van der Waals surface area contributed by atoms with Crippen LogP contribution in [0.5, 0.6) is 0 Å². The number of halogens is 1. The van der Waals surface area contributed by atoms with E-state index in [1.807, 2.05) is 39.8 Å². The van der Waals surface area contributed by atoms with Crippen LogP contribution in [-0.2, 0) is 31.8 Å². The SMILES string of the molecule is Cc1cc(C[C@H]2CN(C(=O)OC(C)(C)C)C[C@H]2OCCN(CCc2cccc(F)c2)C(=O)OC(C)(C)C)nc(NC(=O)OC(C)(C)C)c1. The van der Waals surface area contributed by atoms with Crippen LogP contribution in [-0.4, -0.2) is 88.8 Å². The highest BCUT2D eigenvalue weighted by Crippen LogP contribution is 2.27. The second-order valence-corrected chi connectivity index (χ2v) is 15.3. The number of carbonyl (C=O) groups is 3. The molecule has 0 spiro atoms. The topological polar surface area (TPSA) is 120 Å². The minimum atomic E-state index is -0.697. The smallest absolute Gasteiger partial charge is 0.413 e. The summed E-state index contributed by atoms with van der Waals surface area (Å²) in [7, 11) is 0. The lowest BCUT2D eigenvalue weighted by Crippen LogP contribution is -2.41. The van der Waals surface area contributed by atoms with Crippen molar-refractivity contribution in [3.8, 4) is 0 Å². The average molecular weight is 673 g/mol. The van der Waals surface area contributed by atoms with Gasteiger partial charge in [0.1, 0.15) is 28.4 Å². The lowest BCUT2D eigenvalue weighted by molar-refractivity contribution is -0.000926. The normalized spacial score (nSPS) is 16.8. The van der Waals surface area contributed by atoms with E-state index in [0.29, 0.717) is 38.3 Å². The van der Waals surface area contributed by atoms with E-state index in [9.17, 15) is 18.8 Å². The number of pyridine rings is 1. The molecular weight excluding hydrogens is 619 g/mol. The highest BCUT2D eigenvalue weighted by molar-refractivity contribution is 5.83. The molecule has 1 N–H and O–H groups in total. The first-order valence-corrected chi connectivity index (χ1v) is 16.5. The molecule has 2 atom stereocenters. The lowest BCUT2D eigenvalue weighted by atomic mass is 9.99. The third-order valence-corrected chi connectivity index (χ3v) is 7.06. The maximum atomic E-state index is 13.8. The summed E-state index contributed by atoms with van der Waals surface area (Å²) in [6, 6.07) is 9.98. The molecule has 3 amide bonds. The zero-order valence-electron chi connectivity index (χ0n) is 30.1. The van der Waals surface area contributed by atoms with Crippen LogP contribution in [0.25, 0.3) is 0 Å². The van der Waals surface area contributed by atoms with Gasteiger partial charge in [-0.1, -0.05) is 12.1 Å². The molecule has 11 nitrogen and oxygen atoms in total. The standard InChI is InChI=1S/C36H53FN4O7/c1-24-18-28(38-30(19-24)39-31(42)46-34(2,3)4)21-26-22-41(33(44)48-36(8,9)10)23-29(26)45-17-16-40(32(43)47-35(5,6)7)15-14-25-12-11-13-27(37)20-25/h11-13,18-20,26,29H,14-17,21-23H2,1-10H3,(H,38,39,42)/t26-,29+/m0/s1. The number of likely N-dealkylation sites (tertiary alicyclic amines) is 1. The molecule has 1 aromatic carbocycles. The molecule has 266 valence electrons. The number of aromatic nitrogens is 1. The maximum absolute atomic E-state index is 13.8. The Morgan fingerprint density at radius 3 is 2.21 bits per heavy atom. The largest absolute Gasteiger partial charge is 0.444 e. The van der Waals surface area contributed by atoms with E-state index in [0.717, 1.165) is 16.8 Å². The summed E-state index contributed by atoms with van der Waals surface area (Å²) < 4.78 is 36.9. The minimum Gasteiger partial charge on any atom is -0.444 e. The third kappa shape index (κ3) is 13.7. The molecule has 48 heavy (non-hydrogen) atoms. The first-order chi connectivity index (χ1) is 22.2. The van der Waals surface area contributed by atoms with Crippen LogP contribution in [0, 0.1) is 18.7 Å². The number of hydrogen-bond acceptors (Lipinski definition) is 8. The minimum absolute atomic E-state index is 0.150. The summed E-state index contributed by atoms with van der Waals surface area (Å²) in [6.45, 7) is 19.5. The van der Waals surface area contributed by atoms with E-state index in [1.165, 1.54) is 12.1 Å². The van der Waals surface area contributed by atoms with Crippen LogP contribution < -0.4 is 5.32 Å². The van der Waals surface area contributed by atoms with Gasteiger partial charge in [-0.3, -0.25) is 5.32 Å². The van der Waals surface area contributed by atoms with E-state index >= 15 is 0 Å². The lowest BCUT2D eigenvalue weighted by Gasteiger charge is -2.28. The molecule has 0 saturated carbocycles. The van der Waals surface area contributed by atoms with E-state index in [1.54, 1.807) is 63.5 Å². The number of nitrogens with one attached hydrogen (secondary N) is 1. The van der Waals surface area contributed by atoms with Gasteiger partial charge < -0.3 is 28.7 Å². The molecule has 1 aromatic heterocycles. The number of carbonyl (C=O) groups excluding carboxylic acids is 3. The first kappa shape index (κ1) is 38.5. The average Bonchev–Trinajstić information content (AvgIpc) is 3.29. The summed E-state index contributed by atoms with van der Waals surface area (Å²) >= 11 is 0. The Balaban J connectivity index is 1.75. The molecule has 0 unspecified atom stereocenters. The quantitative estimate of drug-likeness (QED) is 0.264. The molecule has 1 saturated heterocycles. The van der Waals surface area contributed by atoms with Crippen molar-refractivity contribution in [3.05, 3.63) is 59.0 Å². The van der Waals surface area contributed by atoms with E-state index in [-0.39, 0.29) is 31.0 Å². The first-order valence-electron chi connectivity index (χ1n) is 16.5. The number of anilines is 1. The fraction of sp³-hybridized carbons (Fsp3) is 0.611. The summed E-state index contributed by atoms with van der Waals surface area (Å²) in [4.78, 5) is 46.5. The number of ether oxygens (including phenoxy) is 4. The van der Waals surface area contributed by atoms with Crippen molar-refractivity contribution in [1.82, 2.24) is 14.8 Å². The summed E-state index contributed by atoms with van der Waals surface area (Å²) in [6.07, 6.45) is -1.01. The fourth-order valence-corrected chi connectivity index (χ4v) is 5.18.